The molecule has 2 aromatic rings. The molecule has 27 heavy (non-hydrogen) atoms. The zero-order chi connectivity index (χ0) is 19.1. The normalized spacial score (nSPS) is 17.4. The van der Waals surface area contributed by atoms with Crippen LogP contribution in [0.3, 0.4) is 0 Å². The molecular formula is C21H24F2N2OS. The Hall–Kier alpha value is -2.08. The van der Waals surface area contributed by atoms with Crippen LogP contribution < -0.4 is 5.32 Å². The number of benzene rings is 2. The van der Waals surface area contributed by atoms with Gasteiger partial charge in [-0.15, -0.1) is 0 Å². The van der Waals surface area contributed by atoms with Gasteiger partial charge in [0.1, 0.15) is 11.6 Å². The summed E-state index contributed by atoms with van der Waals surface area (Å²) >= 11 is 1.58. The summed E-state index contributed by atoms with van der Waals surface area (Å²) in [5.74, 6) is -0.102. The summed E-state index contributed by atoms with van der Waals surface area (Å²) < 4.78 is 27.5. The molecular weight excluding hydrogens is 366 g/mol. The van der Waals surface area contributed by atoms with Crippen LogP contribution in [0, 0.1) is 11.6 Å². The van der Waals surface area contributed by atoms with Gasteiger partial charge >= 0.3 is 6.03 Å². The zero-order valence-electron chi connectivity index (χ0n) is 15.2. The van der Waals surface area contributed by atoms with Gasteiger partial charge in [-0.05, 0) is 43.0 Å². The molecule has 1 unspecified atom stereocenters. The molecule has 0 radical (unpaired) electrons. The molecule has 1 atom stereocenters. The van der Waals surface area contributed by atoms with Crippen LogP contribution in [0.2, 0.25) is 0 Å². The number of amides is 2. The van der Waals surface area contributed by atoms with Crippen molar-refractivity contribution < 1.29 is 13.6 Å². The molecule has 3 nitrogen and oxygen atoms in total. The Morgan fingerprint density at radius 2 is 1.96 bits per heavy atom. The lowest BCUT2D eigenvalue weighted by Crippen LogP contribution is -2.41. The fourth-order valence-electron chi connectivity index (χ4n) is 3.23. The van der Waals surface area contributed by atoms with E-state index in [1.165, 1.54) is 17.7 Å². The number of aryl methyl sites for hydroxylation is 1. The largest absolute Gasteiger partial charge is 0.338 e. The lowest BCUT2D eigenvalue weighted by atomic mass is 10.1. The molecule has 1 aliphatic heterocycles. The summed E-state index contributed by atoms with van der Waals surface area (Å²) in [5, 5.41) is 2.84. The highest BCUT2D eigenvalue weighted by molar-refractivity contribution is 7.99. The van der Waals surface area contributed by atoms with Gasteiger partial charge in [-0.1, -0.05) is 30.3 Å². The van der Waals surface area contributed by atoms with Crippen molar-refractivity contribution in [2.75, 3.05) is 25.4 Å². The number of carbonyl (C=O) groups is 1. The van der Waals surface area contributed by atoms with Gasteiger partial charge in [0.25, 0.3) is 0 Å². The third kappa shape index (κ3) is 5.70. The highest BCUT2D eigenvalue weighted by Gasteiger charge is 2.24. The monoisotopic (exact) mass is 390 g/mol. The molecule has 1 heterocycles. The van der Waals surface area contributed by atoms with Crippen molar-refractivity contribution in [3.05, 3.63) is 71.3 Å². The van der Waals surface area contributed by atoms with Crippen LogP contribution in [-0.4, -0.2) is 36.3 Å². The average Bonchev–Trinajstić information content (AvgIpc) is 2.94. The number of hydrogen-bond donors (Lipinski definition) is 1. The number of carbonyl (C=O) groups excluding carboxylic acids is 1. The van der Waals surface area contributed by atoms with Gasteiger partial charge in [0.15, 0.2) is 0 Å². The van der Waals surface area contributed by atoms with Crippen molar-refractivity contribution in [2.45, 2.75) is 24.5 Å². The van der Waals surface area contributed by atoms with Gasteiger partial charge in [-0.25, -0.2) is 13.6 Å². The Balaban J connectivity index is 1.46. The van der Waals surface area contributed by atoms with E-state index in [0.29, 0.717) is 37.4 Å². The smallest absolute Gasteiger partial charge is 0.317 e. The maximum Gasteiger partial charge on any atom is 0.317 e. The third-order valence-corrected chi connectivity index (χ3v) is 6.01. The van der Waals surface area contributed by atoms with Gasteiger partial charge in [-0.3, -0.25) is 0 Å². The first kappa shape index (κ1) is 19.7. The Labute approximate surface area is 163 Å². The molecule has 1 N–H and O–H groups in total. The average molecular weight is 390 g/mol. The van der Waals surface area contributed by atoms with E-state index < -0.39 is 5.82 Å². The SMILES string of the molecule is O=C(NCCCc1ccccc1)N1CCSC(c2cc(F)ccc2F)CC1. The number of halogens is 2. The first-order chi connectivity index (χ1) is 13.1. The second kappa shape index (κ2) is 9.74. The quantitative estimate of drug-likeness (QED) is 0.745. The molecule has 2 amide bonds. The number of urea groups is 1. The fourth-order valence-corrected chi connectivity index (χ4v) is 4.47. The third-order valence-electron chi connectivity index (χ3n) is 4.69. The summed E-state index contributed by atoms with van der Waals surface area (Å²) in [4.78, 5) is 14.2. The summed E-state index contributed by atoms with van der Waals surface area (Å²) in [7, 11) is 0. The fraction of sp³-hybridized carbons (Fsp3) is 0.381. The van der Waals surface area contributed by atoms with Crippen LogP contribution in [-0.2, 0) is 6.42 Å². The van der Waals surface area contributed by atoms with E-state index >= 15 is 0 Å². The minimum Gasteiger partial charge on any atom is -0.338 e. The molecule has 0 bridgehead atoms. The van der Waals surface area contributed by atoms with Crippen molar-refractivity contribution >= 4 is 17.8 Å². The van der Waals surface area contributed by atoms with Crippen LogP contribution in [0.5, 0.6) is 0 Å². The predicted octanol–water partition coefficient (Wildman–Crippen LogP) is 4.79. The molecule has 1 fully saturated rings. The first-order valence-corrected chi connectivity index (χ1v) is 10.3. The van der Waals surface area contributed by atoms with Gasteiger partial charge in [-0.2, -0.15) is 11.8 Å². The molecule has 2 aromatic carbocycles. The van der Waals surface area contributed by atoms with Crippen LogP contribution in [0.25, 0.3) is 0 Å². The van der Waals surface area contributed by atoms with E-state index in [4.69, 9.17) is 0 Å². The molecule has 1 aliphatic rings. The lowest BCUT2D eigenvalue weighted by molar-refractivity contribution is 0.201. The topological polar surface area (TPSA) is 32.3 Å². The number of nitrogens with zero attached hydrogens (tertiary/aromatic N) is 1. The predicted molar refractivity (Wildman–Crippen MR) is 106 cm³/mol. The maximum absolute atomic E-state index is 14.0. The summed E-state index contributed by atoms with van der Waals surface area (Å²) in [5.41, 5.74) is 1.66. The molecule has 0 spiro atoms. The van der Waals surface area contributed by atoms with E-state index in [2.05, 4.69) is 17.4 Å². The maximum atomic E-state index is 14.0. The van der Waals surface area contributed by atoms with Gasteiger partial charge in [0.05, 0.1) is 0 Å². The lowest BCUT2D eigenvalue weighted by Gasteiger charge is -2.21. The van der Waals surface area contributed by atoms with E-state index in [0.717, 1.165) is 18.9 Å². The van der Waals surface area contributed by atoms with Crippen molar-refractivity contribution in [3.63, 3.8) is 0 Å². The van der Waals surface area contributed by atoms with Gasteiger partial charge in [0.2, 0.25) is 0 Å². The molecule has 0 aliphatic carbocycles. The Morgan fingerprint density at radius 1 is 1.15 bits per heavy atom. The minimum atomic E-state index is -0.427. The molecule has 144 valence electrons. The summed E-state index contributed by atoms with van der Waals surface area (Å²) in [6.07, 6.45) is 2.43. The second-order valence-electron chi connectivity index (χ2n) is 6.62. The van der Waals surface area contributed by atoms with Crippen molar-refractivity contribution in [1.82, 2.24) is 10.2 Å². The Bertz CT molecular complexity index is 757. The molecule has 0 aromatic heterocycles. The number of rotatable bonds is 5. The van der Waals surface area contributed by atoms with Gasteiger partial charge < -0.3 is 10.2 Å². The van der Waals surface area contributed by atoms with Crippen LogP contribution in [0.15, 0.2) is 48.5 Å². The standard InChI is InChI=1S/C21H24F2N2OS/c22-17-8-9-19(23)18(15-17)20-10-12-25(13-14-27-20)21(26)24-11-4-7-16-5-2-1-3-6-16/h1-3,5-6,8-9,15,20H,4,7,10-14H2,(H,24,26). The highest BCUT2D eigenvalue weighted by atomic mass is 32.2. The van der Waals surface area contributed by atoms with Gasteiger partial charge in [0, 0.05) is 36.2 Å². The molecule has 0 saturated carbocycles. The van der Waals surface area contributed by atoms with Crippen molar-refractivity contribution in [2.24, 2.45) is 0 Å². The van der Waals surface area contributed by atoms with E-state index in [1.54, 1.807) is 16.7 Å². The number of hydrogen-bond acceptors (Lipinski definition) is 2. The van der Waals surface area contributed by atoms with E-state index in [-0.39, 0.29) is 17.1 Å². The molecule has 1 saturated heterocycles. The van der Waals surface area contributed by atoms with Crippen LogP contribution in [0.4, 0.5) is 13.6 Å². The number of thioether (sulfide) groups is 1. The van der Waals surface area contributed by atoms with Crippen molar-refractivity contribution in [3.8, 4) is 0 Å². The Morgan fingerprint density at radius 3 is 2.78 bits per heavy atom. The van der Waals surface area contributed by atoms with E-state index in [1.807, 2.05) is 18.2 Å². The Kier molecular flexibility index (Phi) is 7.10. The van der Waals surface area contributed by atoms with Crippen LogP contribution >= 0.6 is 11.8 Å². The summed E-state index contributed by atoms with van der Waals surface area (Å²) in [6.45, 7) is 1.78. The van der Waals surface area contributed by atoms with E-state index in [9.17, 15) is 13.6 Å². The zero-order valence-corrected chi connectivity index (χ0v) is 16.0. The number of nitrogens with one attached hydrogen (secondary N) is 1. The molecule has 3 rings (SSSR count). The van der Waals surface area contributed by atoms with Crippen molar-refractivity contribution in [1.29, 1.82) is 0 Å². The highest BCUT2D eigenvalue weighted by Crippen LogP contribution is 2.36. The second-order valence-corrected chi connectivity index (χ2v) is 7.93. The van der Waals surface area contributed by atoms with Crippen LogP contribution in [0.1, 0.15) is 29.2 Å². The first-order valence-electron chi connectivity index (χ1n) is 9.27. The molecule has 6 heteroatoms. The minimum absolute atomic E-state index is 0.0796. The summed E-state index contributed by atoms with van der Waals surface area (Å²) in [6, 6.07) is 13.7.